The second-order valence-corrected chi connectivity index (χ2v) is 2.93. The van der Waals surface area contributed by atoms with Crippen LogP contribution in [0.3, 0.4) is 0 Å². The number of hydrazine groups is 1. The van der Waals surface area contributed by atoms with Crippen LogP contribution in [0.25, 0.3) is 5.57 Å². The zero-order chi connectivity index (χ0) is 8.27. The Balaban J connectivity index is 2.73. The highest BCUT2D eigenvalue weighted by Gasteiger charge is 2.02. The Labute approximate surface area is 69.3 Å². The molecule has 1 aromatic rings. The number of hydrogen-bond acceptors (Lipinski definition) is 5. The second-order valence-electron chi connectivity index (χ2n) is 2.18. The first-order valence-corrected chi connectivity index (χ1v) is 3.93. The van der Waals surface area contributed by atoms with E-state index in [0.717, 1.165) is 16.4 Å². The maximum atomic E-state index is 5.10. The van der Waals surface area contributed by atoms with E-state index in [1.54, 1.807) is 0 Å². The Kier molecular flexibility index (Phi) is 2.70. The van der Waals surface area contributed by atoms with Crippen LogP contribution in [0.1, 0.15) is 17.8 Å². The fourth-order valence-electron chi connectivity index (χ4n) is 0.590. The van der Waals surface area contributed by atoms with E-state index in [4.69, 9.17) is 5.84 Å². The molecular weight excluding hydrogens is 160 g/mol. The molecule has 0 fully saturated rings. The summed E-state index contributed by atoms with van der Waals surface area (Å²) in [5.41, 5.74) is 3.42. The highest BCUT2D eigenvalue weighted by Crippen LogP contribution is 2.13. The number of nitrogens with one attached hydrogen (secondary N) is 1. The Morgan fingerprint density at radius 3 is 3.00 bits per heavy atom. The van der Waals surface area contributed by atoms with Crippen molar-refractivity contribution in [2.24, 2.45) is 5.84 Å². The molecule has 1 aromatic heterocycles. The van der Waals surface area contributed by atoms with Gasteiger partial charge in [0.1, 0.15) is 5.01 Å². The van der Waals surface area contributed by atoms with E-state index in [9.17, 15) is 0 Å². The van der Waals surface area contributed by atoms with Crippen LogP contribution in [-0.2, 0) is 6.54 Å². The lowest BCUT2D eigenvalue weighted by atomic mass is 10.4. The van der Waals surface area contributed by atoms with Gasteiger partial charge in [-0.3, -0.25) is 11.3 Å². The molecular formula is C6H10N4S. The predicted molar refractivity (Wildman–Crippen MR) is 45.6 cm³/mol. The lowest BCUT2D eigenvalue weighted by molar-refractivity contribution is 0.710. The average Bonchev–Trinajstić information content (AvgIpc) is 2.37. The average molecular weight is 170 g/mol. The van der Waals surface area contributed by atoms with Gasteiger partial charge in [0.2, 0.25) is 0 Å². The first-order valence-electron chi connectivity index (χ1n) is 3.16. The van der Waals surface area contributed by atoms with Gasteiger partial charge in [-0.25, -0.2) is 4.98 Å². The van der Waals surface area contributed by atoms with Crippen LogP contribution in [0.5, 0.6) is 0 Å². The van der Waals surface area contributed by atoms with E-state index >= 15 is 0 Å². The van der Waals surface area contributed by atoms with Crippen molar-refractivity contribution in [2.75, 3.05) is 0 Å². The number of nitrogens with zero attached hydrogens (tertiary/aromatic N) is 2. The summed E-state index contributed by atoms with van der Waals surface area (Å²) in [6.45, 7) is 6.16. The van der Waals surface area contributed by atoms with Gasteiger partial charge < -0.3 is 0 Å². The van der Waals surface area contributed by atoms with Crippen molar-refractivity contribution in [1.29, 1.82) is 0 Å². The van der Waals surface area contributed by atoms with Crippen LogP contribution in [-0.4, -0.2) is 9.36 Å². The minimum Gasteiger partial charge on any atom is -0.271 e. The summed E-state index contributed by atoms with van der Waals surface area (Å²) < 4.78 is 4.05. The summed E-state index contributed by atoms with van der Waals surface area (Å²) in [6.07, 6.45) is 0. The van der Waals surface area contributed by atoms with Gasteiger partial charge in [-0.2, -0.15) is 4.37 Å². The van der Waals surface area contributed by atoms with E-state index in [2.05, 4.69) is 21.4 Å². The van der Waals surface area contributed by atoms with Gasteiger partial charge in [0, 0.05) is 0 Å². The SMILES string of the molecule is C=C(C)c1nc(CNN)ns1. The number of allylic oxidation sites excluding steroid dienone is 1. The molecule has 0 radical (unpaired) electrons. The Morgan fingerprint density at radius 2 is 2.55 bits per heavy atom. The van der Waals surface area contributed by atoms with Crippen molar-refractivity contribution in [2.45, 2.75) is 13.5 Å². The van der Waals surface area contributed by atoms with Crippen LogP contribution >= 0.6 is 11.5 Å². The van der Waals surface area contributed by atoms with Crippen molar-refractivity contribution >= 4 is 17.1 Å². The summed E-state index contributed by atoms with van der Waals surface area (Å²) >= 11 is 1.34. The van der Waals surface area contributed by atoms with Crippen molar-refractivity contribution in [1.82, 2.24) is 14.8 Å². The van der Waals surface area contributed by atoms with Gasteiger partial charge in [-0.05, 0) is 24.0 Å². The summed E-state index contributed by atoms with van der Waals surface area (Å²) in [5, 5.41) is 0.871. The van der Waals surface area contributed by atoms with E-state index in [0.29, 0.717) is 6.54 Å². The maximum absolute atomic E-state index is 5.10. The molecule has 1 rings (SSSR count). The minimum atomic E-state index is 0.504. The molecule has 0 aromatic carbocycles. The molecule has 0 bridgehead atoms. The molecule has 0 aliphatic rings. The van der Waals surface area contributed by atoms with Gasteiger partial charge in [-0.15, -0.1) is 0 Å². The third-order valence-corrected chi connectivity index (χ3v) is 2.01. The highest BCUT2D eigenvalue weighted by molar-refractivity contribution is 7.06. The number of hydrogen-bond donors (Lipinski definition) is 2. The molecule has 0 spiro atoms. The fraction of sp³-hybridized carbons (Fsp3) is 0.333. The normalized spacial score (nSPS) is 10.0. The van der Waals surface area contributed by atoms with Gasteiger partial charge in [-0.1, -0.05) is 6.58 Å². The van der Waals surface area contributed by atoms with Crippen molar-refractivity contribution in [3.8, 4) is 0 Å². The summed E-state index contributed by atoms with van der Waals surface area (Å²) in [4.78, 5) is 4.16. The third kappa shape index (κ3) is 2.07. The van der Waals surface area contributed by atoms with Crippen molar-refractivity contribution in [3.63, 3.8) is 0 Å². The van der Waals surface area contributed by atoms with Crippen LogP contribution in [0.2, 0.25) is 0 Å². The Morgan fingerprint density at radius 1 is 1.82 bits per heavy atom. The molecule has 3 N–H and O–H groups in total. The first-order chi connectivity index (χ1) is 5.24. The molecule has 5 heteroatoms. The van der Waals surface area contributed by atoms with Gasteiger partial charge in [0.15, 0.2) is 5.82 Å². The lowest BCUT2D eigenvalue weighted by Crippen LogP contribution is -2.21. The van der Waals surface area contributed by atoms with Gasteiger partial charge >= 0.3 is 0 Å². The molecule has 60 valence electrons. The molecule has 0 atom stereocenters. The van der Waals surface area contributed by atoms with Crippen LogP contribution in [0, 0.1) is 0 Å². The highest BCUT2D eigenvalue weighted by atomic mass is 32.1. The third-order valence-electron chi connectivity index (χ3n) is 1.09. The number of aromatic nitrogens is 2. The molecule has 0 saturated carbocycles. The Hall–Kier alpha value is -0.780. The Bertz CT molecular complexity index is 255. The van der Waals surface area contributed by atoms with Crippen LogP contribution in [0.15, 0.2) is 6.58 Å². The first kappa shape index (κ1) is 8.32. The molecule has 0 unspecified atom stereocenters. The van der Waals surface area contributed by atoms with E-state index in [1.165, 1.54) is 11.5 Å². The standard InChI is InChI=1S/C6H10N4S/c1-4(2)6-9-5(3-8-7)10-11-6/h8H,1,3,7H2,2H3. The summed E-state index contributed by atoms with van der Waals surface area (Å²) in [7, 11) is 0. The molecule has 0 aliphatic carbocycles. The predicted octanol–water partition coefficient (Wildman–Crippen LogP) is 0.534. The fourth-order valence-corrected chi connectivity index (χ4v) is 1.19. The molecule has 1 heterocycles. The molecule has 0 aliphatic heterocycles. The lowest BCUT2D eigenvalue weighted by Gasteiger charge is -1.89. The topological polar surface area (TPSA) is 63.8 Å². The number of rotatable bonds is 3. The second kappa shape index (κ2) is 3.56. The molecule has 4 nitrogen and oxygen atoms in total. The van der Waals surface area contributed by atoms with Crippen LogP contribution < -0.4 is 11.3 Å². The van der Waals surface area contributed by atoms with Crippen molar-refractivity contribution < 1.29 is 0 Å². The largest absolute Gasteiger partial charge is 0.271 e. The zero-order valence-electron chi connectivity index (χ0n) is 6.29. The van der Waals surface area contributed by atoms with E-state index in [-0.39, 0.29) is 0 Å². The maximum Gasteiger partial charge on any atom is 0.158 e. The van der Waals surface area contributed by atoms with Crippen LogP contribution in [0.4, 0.5) is 0 Å². The molecule has 0 saturated heterocycles. The van der Waals surface area contributed by atoms with E-state index in [1.807, 2.05) is 6.92 Å². The van der Waals surface area contributed by atoms with Crippen molar-refractivity contribution in [3.05, 3.63) is 17.4 Å². The molecule has 11 heavy (non-hydrogen) atoms. The smallest absolute Gasteiger partial charge is 0.158 e. The monoisotopic (exact) mass is 170 g/mol. The summed E-state index contributed by atoms with van der Waals surface area (Å²) in [5.74, 6) is 5.82. The quantitative estimate of drug-likeness (QED) is 0.513. The molecule has 0 amide bonds. The zero-order valence-corrected chi connectivity index (χ0v) is 7.11. The summed E-state index contributed by atoms with van der Waals surface area (Å²) in [6, 6.07) is 0. The van der Waals surface area contributed by atoms with E-state index < -0.39 is 0 Å². The number of nitrogens with two attached hydrogens (primary N) is 1. The van der Waals surface area contributed by atoms with Gasteiger partial charge in [0.25, 0.3) is 0 Å². The minimum absolute atomic E-state index is 0.504. The van der Waals surface area contributed by atoms with Gasteiger partial charge in [0.05, 0.1) is 6.54 Å².